The first-order valence-electron chi connectivity index (χ1n) is 6.54. The minimum absolute atomic E-state index is 0.0230. The normalized spacial score (nSPS) is 10.6. The van der Waals surface area contributed by atoms with Crippen LogP contribution in [0.15, 0.2) is 30.5 Å². The highest BCUT2D eigenvalue weighted by molar-refractivity contribution is 5.95. The molecule has 1 aromatic heterocycles. The molecular weight excluding hydrogens is 272 g/mol. The van der Waals surface area contributed by atoms with E-state index in [4.69, 9.17) is 0 Å². The van der Waals surface area contributed by atoms with Crippen LogP contribution in [-0.2, 0) is 4.79 Å². The minimum Gasteiger partial charge on any atom is -0.371 e. The van der Waals surface area contributed by atoms with Crippen LogP contribution in [0.25, 0.3) is 10.9 Å². The molecule has 0 atom stereocenters. The predicted molar refractivity (Wildman–Crippen MR) is 80.2 cm³/mol. The van der Waals surface area contributed by atoms with Crippen molar-refractivity contribution in [3.8, 4) is 0 Å². The second-order valence-corrected chi connectivity index (χ2v) is 4.86. The van der Waals surface area contributed by atoms with Crippen molar-refractivity contribution in [2.24, 2.45) is 0 Å². The minimum atomic E-state index is -0.466. The van der Waals surface area contributed by atoms with Crippen LogP contribution >= 0.6 is 0 Å². The third-order valence-corrected chi connectivity index (χ3v) is 2.83. The highest BCUT2D eigenvalue weighted by atomic mass is 16.6. The Morgan fingerprint density at radius 1 is 1.38 bits per heavy atom. The predicted octanol–water partition coefficient (Wildman–Crippen LogP) is 2.08. The number of pyridine rings is 1. The van der Waals surface area contributed by atoms with Gasteiger partial charge in [-0.1, -0.05) is 0 Å². The maximum Gasteiger partial charge on any atom is 0.301 e. The van der Waals surface area contributed by atoms with E-state index < -0.39 is 4.92 Å². The number of nitro groups is 1. The van der Waals surface area contributed by atoms with Crippen LogP contribution in [0.5, 0.6) is 0 Å². The van der Waals surface area contributed by atoms with Crippen molar-refractivity contribution in [1.82, 2.24) is 10.3 Å². The van der Waals surface area contributed by atoms with Gasteiger partial charge in [-0.15, -0.1) is 0 Å². The Hall–Kier alpha value is -2.70. The molecule has 0 fully saturated rings. The average molecular weight is 288 g/mol. The van der Waals surface area contributed by atoms with Crippen LogP contribution in [-0.4, -0.2) is 28.4 Å². The Bertz CT molecular complexity index is 685. The van der Waals surface area contributed by atoms with Crippen molar-refractivity contribution in [2.45, 2.75) is 19.9 Å². The molecule has 0 radical (unpaired) electrons. The van der Waals surface area contributed by atoms with Gasteiger partial charge in [0.25, 0.3) is 0 Å². The van der Waals surface area contributed by atoms with Gasteiger partial charge in [0.05, 0.1) is 22.4 Å². The molecule has 0 aliphatic carbocycles. The van der Waals surface area contributed by atoms with Crippen molar-refractivity contribution in [2.75, 3.05) is 11.9 Å². The fourth-order valence-corrected chi connectivity index (χ4v) is 2.02. The molecule has 21 heavy (non-hydrogen) atoms. The Kier molecular flexibility index (Phi) is 4.32. The van der Waals surface area contributed by atoms with Crippen LogP contribution in [0.1, 0.15) is 13.8 Å². The van der Waals surface area contributed by atoms with Gasteiger partial charge in [0, 0.05) is 12.2 Å². The molecule has 1 aromatic carbocycles. The molecule has 0 aliphatic heterocycles. The molecule has 2 rings (SSSR count). The summed E-state index contributed by atoms with van der Waals surface area (Å²) >= 11 is 0. The van der Waals surface area contributed by atoms with E-state index in [-0.39, 0.29) is 24.2 Å². The zero-order valence-corrected chi connectivity index (χ0v) is 11.8. The number of hydrogen-bond acceptors (Lipinski definition) is 5. The molecule has 0 unspecified atom stereocenters. The number of hydrogen-bond donors (Lipinski definition) is 2. The molecule has 2 N–H and O–H groups in total. The fraction of sp³-hybridized carbons (Fsp3) is 0.286. The van der Waals surface area contributed by atoms with Crippen molar-refractivity contribution in [3.05, 3.63) is 40.6 Å². The summed E-state index contributed by atoms with van der Waals surface area (Å²) in [6.45, 7) is 3.68. The largest absolute Gasteiger partial charge is 0.371 e. The summed E-state index contributed by atoms with van der Waals surface area (Å²) in [7, 11) is 0. The number of nitro benzene ring substituents is 1. The number of anilines is 1. The summed E-state index contributed by atoms with van der Waals surface area (Å²) < 4.78 is 0. The van der Waals surface area contributed by atoms with E-state index in [0.29, 0.717) is 16.6 Å². The molecular formula is C14H16N4O3. The second kappa shape index (κ2) is 6.17. The summed E-state index contributed by atoms with van der Waals surface area (Å²) in [5, 5.41) is 17.3. The molecule has 0 saturated carbocycles. The van der Waals surface area contributed by atoms with Gasteiger partial charge in [0.15, 0.2) is 0 Å². The van der Waals surface area contributed by atoms with E-state index >= 15 is 0 Å². The number of carbonyl (C=O) groups is 1. The maximum atomic E-state index is 11.6. The van der Waals surface area contributed by atoms with Gasteiger partial charge in [-0.05, 0) is 38.1 Å². The molecule has 110 valence electrons. The molecule has 2 aromatic rings. The average Bonchev–Trinajstić information content (AvgIpc) is 2.43. The molecule has 0 spiro atoms. The number of aromatic nitrogens is 1. The number of benzene rings is 1. The first-order chi connectivity index (χ1) is 9.99. The van der Waals surface area contributed by atoms with Gasteiger partial charge in [0.2, 0.25) is 5.91 Å². The van der Waals surface area contributed by atoms with E-state index in [2.05, 4.69) is 15.6 Å². The Balaban J connectivity index is 2.29. The summed E-state index contributed by atoms with van der Waals surface area (Å²) in [5.41, 5.74) is 0.777. The van der Waals surface area contributed by atoms with Gasteiger partial charge in [-0.2, -0.15) is 0 Å². The third kappa shape index (κ3) is 3.44. The molecule has 7 nitrogen and oxygen atoms in total. The van der Waals surface area contributed by atoms with Gasteiger partial charge in [-0.25, -0.2) is 0 Å². The van der Waals surface area contributed by atoms with Crippen LogP contribution in [0, 0.1) is 10.1 Å². The second-order valence-electron chi connectivity index (χ2n) is 4.86. The molecule has 1 heterocycles. The molecule has 0 saturated heterocycles. The number of amides is 1. The van der Waals surface area contributed by atoms with Gasteiger partial charge < -0.3 is 10.6 Å². The number of rotatable bonds is 5. The summed E-state index contributed by atoms with van der Waals surface area (Å²) in [6, 6.07) is 6.56. The van der Waals surface area contributed by atoms with Crippen molar-refractivity contribution in [1.29, 1.82) is 0 Å². The zero-order valence-electron chi connectivity index (χ0n) is 11.8. The highest BCUT2D eigenvalue weighted by Crippen LogP contribution is 2.32. The summed E-state index contributed by atoms with van der Waals surface area (Å²) in [4.78, 5) is 26.5. The van der Waals surface area contributed by atoms with E-state index in [0.717, 1.165) is 0 Å². The van der Waals surface area contributed by atoms with Crippen molar-refractivity contribution < 1.29 is 9.72 Å². The first kappa shape index (κ1) is 14.7. The standard InChI is InChI=1S/C14H16N4O3/c1-9(2)17-13(19)8-16-12-6-5-11-10(4-3-7-15-11)14(12)18(20)21/h3-7,9,16H,8H2,1-2H3,(H,17,19). The van der Waals surface area contributed by atoms with E-state index in [1.165, 1.54) is 0 Å². The number of carbonyl (C=O) groups excluding carboxylic acids is 1. The topological polar surface area (TPSA) is 97.2 Å². The first-order valence-corrected chi connectivity index (χ1v) is 6.54. The lowest BCUT2D eigenvalue weighted by Crippen LogP contribution is -2.34. The lowest BCUT2D eigenvalue weighted by molar-refractivity contribution is -0.382. The van der Waals surface area contributed by atoms with Crippen molar-refractivity contribution >= 4 is 28.2 Å². The summed E-state index contributed by atoms with van der Waals surface area (Å²) in [5.74, 6) is -0.217. The van der Waals surface area contributed by atoms with E-state index in [9.17, 15) is 14.9 Å². The van der Waals surface area contributed by atoms with Crippen LogP contribution in [0.4, 0.5) is 11.4 Å². The van der Waals surface area contributed by atoms with Gasteiger partial charge in [0.1, 0.15) is 5.69 Å². The number of fused-ring (bicyclic) bond motifs is 1. The lowest BCUT2D eigenvalue weighted by Gasteiger charge is -2.11. The molecule has 0 bridgehead atoms. The van der Waals surface area contributed by atoms with Gasteiger partial charge >= 0.3 is 5.69 Å². The lowest BCUT2D eigenvalue weighted by atomic mass is 10.1. The molecule has 0 aliphatic rings. The maximum absolute atomic E-state index is 11.6. The SMILES string of the molecule is CC(C)NC(=O)CNc1ccc2ncccc2c1[N+](=O)[O-]. The van der Waals surface area contributed by atoms with Crippen LogP contribution < -0.4 is 10.6 Å². The Morgan fingerprint density at radius 3 is 2.81 bits per heavy atom. The summed E-state index contributed by atoms with van der Waals surface area (Å²) in [6.07, 6.45) is 1.58. The Labute approximate surface area is 121 Å². The van der Waals surface area contributed by atoms with E-state index in [1.807, 2.05) is 13.8 Å². The quantitative estimate of drug-likeness (QED) is 0.648. The number of nitrogens with one attached hydrogen (secondary N) is 2. The van der Waals surface area contributed by atoms with Crippen LogP contribution in [0.2, 0.25) is 0 Å². The van der Waals surface area contributed by atoms with Crippen LogP contribution in [0.3, 0.4) is 0 Å². The van der Waals surface area contributed by atoms with Gasteiger partial charge in [-0.3, -0.25) is 19.9 Å². The fourth-order valence-electron chi connectivity index (χ4n) is 2.02. The molecule has 1 amide bonds. The zero-order chi connectivity index (χ0) is 15.4. The monoisotopic (exact) mass is 288 g/mol. The Morgan fingerprint density at radius 2 is 2.14 bits per heavy atom. The third-order valence-electron chi connectivity index (χ3n) is 2.83. The van der Waals surface area contributed by atoms with E-state index in [1.54, 1.807) is 30.5 Å². The number of nitrogens with zero attached hydrogens (tertiary/aromatic N) is 2. The molecule has 7 heteroatoms. The smallest absolute Gasteiger partial charge is 0.301 e. The van der Waals surface area contributed by atoms with Crippen molar-refractivity contribution in [3.63, 3.8) is 0 Å². The highest BCUT2D eigenvalue weighted by Gasteiger charge is 2.19.